The molecule has 0 spiro atoms. The Bertz CT molecular complexity index is 370. The third-order valence-electron chi connectivity index (χ3n) is 3.16. The molecule has 2 nitrogen and oxygen atoms in total. The zero-order chi connectivity index (χ0) is 11.5. The van der Waals surface area contributed by atoms with E-state index >= 15 is 0 Å². The van der Waals surface area contributed by atoms with Crippen LogP contribution in [0.5, 0.6) is 0 Å². The molecule has 0 saturated heterocycles. The summed E-state index contributed by atoms with van der Waals surface area (Å²) in [6.07, 6.45) is 3.21. The quantitative estimate of drug-likeness (QED) is 0.768. The van der Waals surface area contributed by atoms with E-state index in [0.717, 1.165) is 18.4 Å². The van der Waals surface area contributed by atoms with Crippen LogP contribution in [0, 0.1) is 11.7 Å². The predicted molar refractivity (Wildman–Crippen MR) is 60.2 cm³/mol. The standard InChI is InChI=1S/C13H16FNO/c1-15(13(16)11-3-2-4-11)9-10-5-7-12(14)8-6-10/h5-8,11H,2-4,9H2,1H3. The van der Waals surface area contributed by atoms with Crippen LogP contribution < -0.4 is 0 Å². The predicted octanol–water partition coefficient (Wildman–Crippen LogP) is 2.58. The highest BCUT2D eigenvalue weighted by molar-refractivity contribution is 5.79. The van der Waals surface area contributed by atoms with Gasteiger partial charge in [-0.25, -0.2) is 4.39 Å². The van der Waals surface area contributed by atoms with Gasteiger partial charge in [0.2, 0.25) is 5.91 Å². The molecule has 2 rings (SSSR count). The molecule has 1 aliphatic carbocycles. The van der Waals surface area contributed by atoms with Gasteiger partial charge in [-0.3, -0.25) is 4.79 Å². The molecule has 0 aliphatic heterocycles. The maximum Gasteiger partial charge on any atom is 0.225 e. The summed E-state index contributed by atoms with van der Waals surface area (Å²) in [4.78, 5) is 13.6. The van der Waals surface area contributed by atoms with Crippen LogP contribution in [0.15, 0.2) is 24.3 Å². The normalized spacial score (nSPS) is 15.6. The van der Waals surface area contributed by atoms with Crippen molar-refractivity contribution in [3.05, 3.63) is 35.6 Å². The number of hydrogen-bond donors (Lipinski definition) is 0. The van der Waals surface area contributed by atoms with Crippen molar-refractivity contribution in [2.45, 2.75) is 25.8 Å². The summed E-state index contributed by atoms with van der Waals surface area (Å²) in [6.45, 7) is 0.565. The first-order valence-corrected chi connectivity index (χ1v) is 5.66. The van der Waals surface area contributed by atoms with Crippen molar-refractivity contribution in [3.63, 3.8) is 0 Å². The van der Waals surface area contributed by atoms with Gasteiger partial charge in [-0.05, 0) is 30.5 Å². The largest absolute Gasteiger partial charge is 0.341 e. The fourth-order valence-electron chi connectivity index (χ4n) is 1.91. The maximum atomic E-state index is 12.7. The van der Waals surface area contributed by atoms with E-state index < -0.39 is 0 Å². The lowest BCUT2D eigenvalue weighted by Gasteiger charge is -2.29. The van der Waals surface area contributed by atoms with Crippen LogP contribution in [0.1, 0.15) is 24.8 Å². The molecule has 1 aromatic carbocycles. The Labute approximate surface area is 95.1 Å². The highest BCUT2D eigenvalue weighted by Crippen LogP contribution is 2.28. The molecule has 0 atom stereocenters. The molecule has 1 amide bonds. The van der Waals surface area contributed by atoms with Gasteiger partial charge in [0.15, 0.2) is 0 Å². The third kappa shape index (κ3) is 2.40. The zero-order valence-corrected chi connectivity index (χ0v) is 9.45. The van der Waals surface area contributed by atoms with E-state index in [-0.39, 0.29) is 17.6 Å². The molecule has 86 valence electrons. The van der Waals surface area contributed by atoms with E-state index in [0.29, 0.717) is 6.54 Å². The first-order valence-electron chi connectivity index (χ1n) is 5.66. The number of benzene rings is 1. The summed E-state index contributed by atoms with van der Waals surface area (Å²) < 4.78 is 12.7. The second kappa shape index (κ2) is 4.64. The maximum absolute atomic E-state index is 12.7. The van der Waals surface area contributed by atoms with Crippen LogP contribution in [0.25, 0.3) is 0 Å². The molecule has 0 bridgehead atoms. The lowest BCUT2D eigenvalue weighted by molar-refractivity contribution is -0.137. The van der Waals surface area contributed by atoms with Crippen molar-refractivity contribution in [2.24, 2.45) is 5.92 Å². The van der Waals surface area contributed by atoms with Crippen molar-refractivity contribution in [1.29, 1.82) is 0 Å². The highest BCUT2D eigenvalue weighted by atomic mass is 19.1. The fourth-order valence-corrected chi connectivity index (χ4v) is 1.91. The van der Waals surface area contributed by atoms with Gasteiger partial charge in [0.25, 0.3) is 0 Å². The molecule has 1 fully saturated rings. The van der Waals surface area contributed by atoms with E-state index in [1.165, 1.54) is 18.6 Å². The number of amides is 1. The van der Waals surface area contributed by atoms with E-state index in [1.54, 1.807) is 17.0 Å². The third-order valence-corrected chi connectivity index (χ3v) is 3.16. The molecule has 1 saturated carbocycles. The fraction of sp³-hybridized carbons (Fsp3) is 0.462. The molecule has 0 radical (unpaired) electrons. The van der Waals surface area contributed by atoms with Gasteiger partial charge in [-0.2, -0.15) is 0 Å². The van der Waals surface area contributed by atoms with Gasteiger partial charge in [0.1, 0.15) is 5.82 Å². The molecule has 0 N–H and O–H groups in total. The van der Waals surface area contributed by atoms with Gasteiger partial charge in [-0.1, -0.05) is 18.6 Å². The summed E-state index contributed by atoms with van der Waals surface area (Å²) in [5.41, 5.74) is 0.969. The molecule has 1 aliphatic rings. The van der Waals surface area contributed by atoms with Crippen molar-refractivity contribution in [1.82, 2.24) is 4.90 Å². The van der Waals surface area contributed by atoms with Crippen molar-refractivity contribution in [3.8, 4) is 0 Å². The van der Waals surface area contributed by atoms with Crippen LogP contribution in [0.3, 0.4) is 0 Å². The molecule has 0 aromatic heterocycles. The molecule has 3 heteroatoms. The molecular formula is C13H16FNO. The Hall–Kier alpha value is -1.38. The second-order valence-electron chi connectivity index (χ2n) is 4.45. The minimum atomic E-state index is -0.239. The van der Waals surface area contributed by atoms with Crippen molar-refractivity contribution < 1.29 is 9.18 Å². The number of carbonyl (C=O) groups excluding carboxylic acids is 1. The Morgan fingerprint density at radius 2 is 2.00 bits per heavy atom. The van der Waals surface area contributed by atoms with Gasteiger partial charge in [0.05, 0.1) is 0 Å². The number of halogens is 1. The molecule has 0 unspecified atom stereocenters. The van der Waals surface area contributed by atoms with Gasteiger partial charge >= 0.3 is 0 Å². The number of carbonyl (C=O) groups is 1. The second-order valence-corrected chi connectivity index (χ2v) is 4.45. The van der Waals surface area contributed by atoms with Gasteiger partial charge < -0.3 is 4.90 Å². The van der Waals surface area contributed by atoms with Gasteiger partial charge in [-0.15, -0.1) is 0 Å². The summed E-state index contributed by atoms with van der Waals surface area (Å²) in [5, 5.41) is 0. The number of hydrogen-bond acceptors (Lipinski definition) is 1. The Balaban J connectivity index is 1.93. The molecular weight excluding hydrogens is 205 g/mol. The minimum Gasteiger partial charge on any atom is -0.341 e. The van der Waals surface area contributed by atoms with Gasteiger partial charge in [0, 0.05) is 19.5 Å². The lowest BCUT2D eigenvalue weighted by Crippen LogP contribution is -2.35. The first-order chi connectivity index (χ1) is 7.66. The summed E-state index contributed by atoms with van der Waals surface area (Å²) in [7, 11) is 1.81. The van der Waals surface area contributed by atoms with E-state index in [1.807, 2.05) is 7.05 Å². The number of rotatable bonds is 3. The topological polar surface area (TPSA) is 20.3 Å². The molecule has 1 aromatic rings. The minimum absolute atomic E-state index is 0.218. The Morgan fingerprint density at radius 3 is 2.50 bits per heavy atom. The van der Waals surface area contributed by atoms with Crippen LogP contribution in [-0.4, -0.2) is 17.9 Å². The van der Waals surface area contributed by atoms with Crippen LogP contribution in [0.4, 0.5) is 4.39 Å². The average Bonchev–Trinajstić information content (AvgIpc) is 2.19. The van der Waals surface area contributed by atoms with E-state index in [2.05, 4.69) is 0 Å². The molecule has 0 heterocycles. The highest BCUT2D eigenvalue weighted by Gasteiger charge is 2.27. The van der Waals surface area contributed by atoms with Crippen LogP contribution in [0.2, 0.25) is 0 Å². The molecule has 16 heavy (non-hydrogen) atoms. The summed E-state index contributed by atoms with van der Waals surface area (Å²) in [5.74, 6) is 0.206. The monoisotopic (exact) mass is 221 g/mol. The smallest absolute Gasteiger partial charge is 0.225 e. The Kier molecular flexibility index (Phi) is 3.22. The lowest BCUT2D eigenvalue weighted by atomic mass is 9.84. The average molecular weight is 221 g/mol. The van der Waals surface area contributed by atoms with E-state index in [9.17, 15) is 9.18 Å². The zero-order valence-electron chi connectivity index (χ0n) is 9.45. The summed E-state index contributed by atoms with van der Waals surface area (Å²) in [6, 6.07) is 6.30. The first kappa shape index (κ1) is 11.1. The summed E-state index contributed by atoms with van der Waals surface area (Å²) >= 11 is 0. The Morgan fingerprint density at radius 1 is 1.38 bits per heavy atom. The van der Waals surface area contributed by atoms with Crippen LogP contribution >= 0.6 is 0 Å². The van der Waals surface area contributed by atoms with Crippen molar-refractivity contribution in [2.75, 3.05) is 7.05 Å². The van der Waals surface area contributed by atoms with Crippen molar-refractivity contribution >= 4 is 5.91 Å². The number of nitrogens with zero attached hydrogens (tertiary/aromatic N) is 1. The SMILES string of the molecule is CN(Cc1ccc(F)cc1)C(=O)C1CCC1. The van der Waals surface area contributed by atoms with E-state index in [4.69, 9.17) is 0 Å². The van der Waals surface area contributed by atoms with Crippen LogP contribution in [-0.2, 0) is 11.3 Å².